The van der Waals surface area contributed by atoms with Gasteiger partial charge in [-0.25, -0.2) is 0 Å². The Kier molecular flexibility index (Phi) is 2.85. The van der Waals surface area contributed by atoms with Crippen LogP contribution in [0.15, 0.2) is 24.3 Å². The van der Waals surface area contributed by atoms with Gasteiger partial charge in [0.2, 0.25) is 0 Å². The van der Waals surface area contributed by atoms with Crippen molar-refractivity contribution in [2.24, 2.45) is 5.73 Å². The minimum absolute atomic E-state index is 0.133. The van der Waals surface area contributed by atoms with Crippen LogP contribution in [0.1, 0.15) is 29.9 Å². The van der Waals surface area contributed by atoms with Gasteiger partial charge in [-0.05, 0) is 30.4 Å². The maximum Gasteiger partial charge on any atom is 0.0621 e. The van der Waals surface area contributed by atoms with E-state index in [0.717, 1.165) is 19.3 Å². The van der Waals surface area contributed by atoms with Gasteiger partial charge in [-0.15, -0.1) is 0 Å². The van der Waals surface area contributed by atoms with Crippen LogP contribution >= 0.6 is 0 Å². The molecule has 2 rings (SSSR count). The summed E-state index contributed by atoms with van der Waals surface area (Å²) in [4.78, 5) is 0. The quantitative estimate of drug-likeness (QED) is 0.660. The Balaban J connectivity index is 2.39. The normalized spacial score (nSPS) is 26.7. The summed E-state index contributed by atoms with van der Waals surface area (Å²) in [5, 5.41) is 9.92. The van der Waals surface area contributed by atoms with Crippen LogP contribution in [0.25, 0.3) is 0 Å². The van der Waals surface area contributed by atoms with Crippen LogP contribution in [0.3, 0.4) is 0 Å². The van der Waals surface area contributed by atoms with Gasteiger partial charge in [-0.3, -0.25) is 0 Å². The summed E-state index contributed by atoms with van der Waals surface area (Å²) in [6.07, 6.45) is 2.75. The van der Waals surface area contributed by atoms with Crippen molar-refractivity contribution < 1.29 is 5.11 Å². The molecular formula is C12H17NO. The fourth-order valence-electron chi connectivity index (χ4n) is 2.32. The number of hydrogen-bond donors (Lipinski definition) is 2. The van der Waals surface area contributed by atoms with E-state index >= 15 is 0 Å². The molecule has 0 aromatic heterocycles. The number of aliphatic hydroxyl groups is 1. The zero-order valence-electron chi connectivity index (χ0n) is 8.32. The van der Waals surface area contributed by atoms with E-state index in [-0.39, 0.29) is 12.0 Å². The molecule has 76 valence electrons. The van der Waals surface area contributed by atoms with Crippen molar-refractivity contribution in [2.45, 2.75) is 31.3 Å². The second kappa shape index (κ2) is 4.11. The smallest absolute Gasteiger partial charge is 0.0621 e. The van der Waals surface area contributed by atoms with Crippen LogP contribution in [0.4, 0.5) is 0 Å². The second-order valence-electron chi connectivity index (χ2n) is 4.00. The number of fused-ring (bicyclic) bond motifs is 1. The first-order valence-electron chi connectivity index (χ1n) is 5.29. The van der Waals surface area contributed by atoms with E-state index in [0.29, 0.717) is 6.54 Å². The van der Waals surface area contributed by atoms with Gasteiger partial charge in [0.1, 0.15) is 0 Å². The number of hydrogen-bond acceptors (Lipinski definition) is 2. The molecule has 1 aromatic rings. The molecule has 0 aliphatic heterocycles. The molecular weight excluding hydrogens is 174 g/mol. The van der Waals surface area contributed by atoms with Crippen LogP contribution in [-0.2, 0) is 6.42 Å². The molecule has 0 spiro atoms. The van der Waals surface area contributed by atoms with E-state index in [1.165, 1.54) is 11.1 Å². The van der Waals surface area contributed by atoms with Gasteiger partial charge in [0.15, 0.2) is 0 Å². The molecule has 2 nitrogen and oxygen atoms in total. The van der Waals surface area contributed by atoms with Crippen molar-refractivity contribution in [1.29, 1.82) is 0 Å². The van der Waals surface area contributed by atoms with Gasteiger partial charge in [0.05, 0.1) is 6.10 Å². The molecule has 0 saturated heterocycles. The highest BCUT2D eigenvalue weighted by molar-refractivity contribution is 5.32. The summed E-state index contributed by atoms with van der Waals surface area (Å²) >= 11 is 0. The predicted molar refractivity (Wildman–Crippen MR) is 57.2 cm³/mol. The van der Waals surface area contributed by atoms with Gasteiger partial charge in [0.25, 0.3) is 0 Å². The minimum Gasteiger partial charge on any atom is -0.392 e. The third kappa shape index (κ3) is 1.68. The Hall–Kier alpha value is -0.860. The molecule has 2 heteroatoms. The lowest BCUT2D eigenvalue weighted by Gasteiger charge is -2.20. The average Bonchev–Trinajstić information content (AvgIpc) is 2.36. The minimum atomic E-state index is -0.261. The molecule has 2 atom stereocenters. The van der Waals surface area contributed by atoms with E-state index in [2.05, 4.69) is 18.2 Å². The summed E-state index contributed by atoms with van der Waals surface area (Å²) < 4.78 is 0. The van der Waals surface area contributed by atoms with Crippen LogP contribution < -0.4 is 5.73 Å². The molecule has 14 heavy (non-hydrogen) atoms. The molecule has 3 N–H and O–H groups in total. The third-order valence-electron chi connectivity index (χ3n) is 3.12. The van der Waals surface area contributed by atoms with Crippen LogP contribution in [-0.4, -0.2) is 17.8 Å². The lowest BCUT2D eigenvalue weighted by atomic mass is 9.91. The summed E-state index contributed by atoms with van der Waals surface area (Å²) in [6.45, 7) is 0.540. The highest BCUT2D eigenvalue weighted by Gasteiger charge is 2.24. The maximum absolute atomic E-state index is 9.92. The Labute approximate surface area is 84.7 Å². The fraction of sp³-hybridized carbons (Fsp3) is 0.500. The van der Waals surface area contributed by atoms with E-state index < -0.39 is 0 Å². The number of aliphatic hydroxyl groups excluding tert-OH is 1. The van der Waals surface area contributed by atoms with E-state index in [4.69, 9.17) is 5.73 Å². The molecule has 1 aliphatic carbocycles. The second-order valence-corrected chi connectivity index (χ2v) is 4.00. The molecule has 0 radical (unpaired) electrons. The zero-order valence-corrected chi connectivity index (χ0v) is 8.32. The van der Waals surface area contributed by atoms with Crippen molar-refractivity contribution in [3.8, 4) is 0 Å². The van der Waals surface area contributed by atoms with Crippen LogP contribution in [0, 0.1) is 0 Å². The predicted octanol–water partition coefficient (Wildman–Crippen LogP) is 1.43. The van der Waals surface area contributed by atoms with E-state index in [9.17, 15) is 5.11 Å². The molecule has 0 bridgehead atoms. The Morgan fingerprint density at radius 3 is 2.93 bits per heavy atom. The molecule has 1 aliphatic rings. The van der Waals surface area contributed by atoms with Gasteiger partial charge >= 0.3 is 0 Å². The van der Waals surface area contributed by atoms with E-state index in [1.807, 2.05) is 6.07 Å². The van der Waals surface area contributed by atoms with Crippen molar-refractivity contribution in [1.82, 2.24) is 0 Å². The first-order chi connectivity index (χ1) is 6.83. The van der Waals surface area contributed by atoms with Gasteiger partial charge in [0, 0.05) is 12.5 Å². The highest BCUT2D eigenvalue weighted by atomic mass is 16.3. The summed E-state index contributed by atoms with van der Waals surface area (Å²) in [5.74, 6) is 0.133. The summed E-state index contributed by atoms with van der Waals surface area (Å²) in [7, 11) is 0. The van der Waals surface area contributed by atoms with Crippen molar-refractivity contribution in [3.63, 3.8) is 0 Å². The topological polar surface area (TPSA) is 46.2 Å². The van der Waals surface area contributed by atoms with Crippen molar-refractivity contribution >= 4 is 0 Å². The number of benzene rings is 1. The Morgan fingerprint density at radius 2 is 2.14 bits per heavy atom. The number of rotatable bonds is 1. The molecule has 0 fully saturated rings. The average molecular weight is 191 g/mol. The Bertz CT molecular complexity index is 311. The monoisotopic (exact) mass is 191 g/mol. The van der Waals surface area contributed by atoms with Crippen LogP contribution in [0.2, 0.25) is 0 Å². The highest BCUT2D eigenvalue weighted by Crippen LogP contribution is 2.29. The summed E-state index contributed by atoms with van der Waals surface area (Å²) in [5.41, 5.74) is 8.33. The Morgan fingerprint density at radius 1 is 1.36 bits per heavy atom. The third-order valence-corrected chi connectivity index (χ3v) is 3.12. The number of nitrogens with two attached hydrogens (primary N) is 1. The van der Waals surface area contributed by atoms with E-state index in [1.54, 1.807) is 0 Å². The fourth-order valence-corrected chi connectivity index (χ4v) is 2.32. The molecule has 0 unspecified atom stereocenters. The van der Waals surface area contributed by atoms with Crippen LogP contribution in [0.5, 0.6) is 0 Å². The van der Waals surface area contributed by atoms with Gasteiger partial charge < -0.3 is 10.8 Å². The first kappa shape index (κ1) is 9.69. The largest absolute Gasteiger partial charge is 0.392 e. The lowest BCUT2D eigenvalue weighted by Crippen LogP contribution is -2.25. The standard InChI is InChI=1S/C12H17NO/c13-8-11-10-6-2-1-4-9(10)5-3-7-12(11)14/h1-2,4,6,11-12,14H,3,5,7-8,13H2/t11-,12-/m1/s1. The van der Waals surface area contributed by atoms with Crippen molar-refractivity contribution in [3.05, 3.63) is 35.4 Å². The van der Waals surface area contributed by atoms with Gasteiger partial charge in [-0.1, -0.05) is 24.3 Å². The SMILES string of the molecule is NC[C@@H]1c2ccccc2CCC[C@H]1O. The molecule has 0 amide bonds. The van der Waals surface area contributed by atoms with Crippen molar-refractivity contribution in [2.75, 3.05) is 6.54 Å². The molecule has 0 saturated carbocycles. The number of aryl methyl sites for hydroxylation is 1. The first-order valence-corrected chi connectivity index (χ1v) is 5.29. The molecule has 1 aromatic carbocycles. The summed E-state index contributed by atoms with van der Waals surface area (Å²) in [6, 6.07) is 8.33. The van der Waals surface area contributed by atoms with Gasteiger partial charge in [-0.2, -0.15) is 0 Å². The maximum atomic E-state index is 9.92. The zero-order chi connectivity index (χ0) is 9.97. The molecule has 0 heterocycles. The lowest BCUT2D eigenvalue weighted by molar-refractivity contribution is 0.137.